The lowest BCUT2D eigenvalue weighted by Crippen LogP contribution is -2.66. The Morgan fingerprint density at radius 2 is 0.848 bits per heavy atom. The third-order valence-electron chi connectivity index (χ3n) is 14.8. The van der Waals surface area contributed by atoms with Crippen LogP contribution in [0.1, 0.15) is 181 Å². The smallest absolute Gasteiger partial charge is 0.220 e. The molecule has 3 fully saturated rings. The molecule has 458 valence electrons. The minimum absolute atomic E-state index is 0.224. The summed E-state index contributed by atoms with van der Waals surface area (Å²) in [7, 11) is 0. The van der Waals surface area contributed by atoms with Gasteiger partial charge in [-0.15, -0.1) is 0 Å². The Morgan fingerprint density at radius 3 is 1.35 bits per heavy atom. The molecule has 3 saturated heterocycles. The van der Waals surface area contributed by atoms with Gasteiger partial charge in [0.1, 0.15) is 73.2 Å². The monoisotopic (exact) mass is 1130 g/mol. The molecule has 0 aliphatic carbocycles. The summed E-state index contributed by atoms with van der Waals surface area (Å²) in [5, 5.41) is 120. The van der Waals surface area contributed by atoms with Gasteiger partial charge in [0.05, 0.1) is 38.6 Å². The fourth-order valence-corrected chi connectivity index (χ4v) is 9.80. The highest BCUT2D eigenvalue weighted by Gasteiger charge is 2.53. The molecule has 0 aromatic rings. The molecule has 0 radical (unpaired) electrons. The number of carbonyl (C=O) groups is 1. The lowest BCUT2D eigenvalue weighted by atomic mass is 9.96. The van der Waals surface area contributed by atoms with E-state index >= 15 is 0 Å². The van der Waals surface area contributed by atoms with E-state index in [4.69, 9.17) is 28.4 Å². The molecule has 3 aliphatic rings. The Balaban J connectivity index is 1.47. The molecule has 19 nitrogen and oxygen atoms in total. The van der Waals surface area contributed by atoms with Crippen LogP contribution in [-0.4, -0.2) is 193 Å². The van der Waals surface area contributed by atoms with Gasteiger partial charge in [-0.25, -0.2) is 0 Å². The fourth-order valence-electron chi connectivity index (χ4n) is 9.80. The van der Waals surface area contributed by atoms with Crippen molar-refractivity contribution in [3.63, 3.8) is 0 Å². The molecule has 0 aromatic carbocycles. The molecule has 0 aromatic heterocycles. The molecule has 17 atom stereocenters. The molecule has 0 spiro atoms. The lowest BCUT2D eigenvalue weighted by Gasteiger charge is -2.48. The predicted octanol–water partition coefficient (Wildman–Crippen LogP) is 5.26. The SMILES string of the molecule is CCCCCCC/C=C\C/C=C\C/C=C\CCCCCCCCCCC(=O)NC(COC1OC(CO)C(OC2OC(CO)C(OC3OC(CO)C(O)C(O)C3O)C(O)C2O)C(O)C1O)C(O)/C=C/CC/C=C/CCCCCCC. The molecule has 3 rings (SSSR count). The molecule has 19 heteroatoms. The van der Waals surface area contributed by atoms with E-state index in [0.29, 0.717) is 12.8 Å². The van der Waals surface area contributed by atoms with Crippen LogP contribution in [0.15, 0.2) is 60.8 Å². The number of hydrogen-bond acceptors (Lipinski definition) is 18. The van der Waals surface area contributed by atoms with Crippen molar-refractivity contribution in [2.45, 2.75) is 285 Å². The highest BCUT2D eigenvalue weighted by molar-refractivity contribution is 5.76. The first-order valence-electron chi connectivity index (χ1n) is 30.0. The summed E-state index contributed by atoms with van der Waals surface area (Å²) in [6.45, 7) is 1.63. The number of amides is 1. The first-order valence-corrected chi connectivity index (χ1v) is 30.0. The van der Waals surface area contributed by atoms with Gasteiger partial charge in [-0.3, -0.25) is 4.79 Å². The molecule has 17 unspecified atom stereocenters. The number of ether oxygens (including phenoxy) is 6. The lowest BCUT2D eigenvalue weighted by molar-refractivity contribution is -0.379. The van der Waals surface area contributed by atoms with Crippen molar-refractivity contribution in [3.05, 3.63) is 60.8 Å². The predicted molar refractivity (Wildman–Crippen MR) is 300 cm³/mol. The van der Waals surface area contributed by atoms with E-state index in [2.05, 4.69) is 67.8 Å². The molecule has 3 aliphatic heterocycles. The molecule has 3 heterocycles. The average molecular weight is 1130 g/mol. The zero-order valence-electron chi connectivity index (χ0n) is 47.6. The van der Waals surface area contributed by atoms with Crippen LogP contribution in [0.2, 0.25) is 0 Å². The number of aliphatic hydroxyl groups is 11. The molecule has 79 heavy (non-hydrogen) atoms. The normalized spacial score (nSPS) is 30.7. The number of hydrogen-bond donors (Lipinski definition) is 12. The van der Waals surface area contributed by atoms with E-state index < -0.39 is 124 Å². The summed E-state index contributed by atoms with van der Waals surface area (Å²) in [5.74, 6) is -0.297. The van der Waals surface area contributed by atoms with Gasteiger partial charge in [-0.1, -0.05) is 164 Å². The van der Waals surface area contributed by atoms with E-state index in [1.807, 2.05) is 6.08 Å². The highest BCUT2D eigenvalue weighted by atomic mass is 16.8. The van der Waals surface area contributed by atoms with Crippen molar-refractivity contribution in [1.82, 2.24) is 5.32 Å². The maximum absolute atomic E-state index is 13.3. The summed E-state index contributed by atoms with van der Waals surface area (Å²) >= 11 is 0. The fraction of sp³-hybridized carbons (Fsp3) is 0.817. The number of rotatable bonds is 43. The standard InChI is InChI=1S/C60H105NO18/c1-3-5-7-9-11-13-15-16-17-18-19-20-21-22-23-24-25-26-28-30-32-34-36-38-48(66)61-43(44(65)37-35-33-31-29-27-14-12-10-8-6-4-2)42-74-58-54(72)51(69)56(46(40-63)76-58)79-60-55(73)52(70)57(47(41-64)77-60)78-59-53(71)50(68)49(67)45(39-62)75-59/h15-16,18-19,21-22,27,29,35,37,43-47,49-60,62-65,67-73H,3-14,17,20,23-26,28,30-34,36,38-42H2,1-2H3,(H,61,66)/b16-15-,19-18-,22-21-,29-27+,37-35+. The number of aliphatic hydroxyl groups excluding tert-OH is 11. The summed E-state index contributed by atoms with van der Waals surface area (Å²) in [6, 6.07) is -0.994. The van der Waals surface area contributed by atoms with Crippen molar-refractivity contribution < 1.29 is 89.4 Å². The van der Waals surface area contributed by atoms with Crippen LogP contribution in [0.4, 0.5) is 0 Å². The topological polar surface area (TPSA) is 307 Å². The maximum atomic E-state index is 13.3. The minimum Gasteiger partial charge on any atom is -0.394 e. The zero-order valence-corrected chi connectivity index (χ0v) is 47.6. The van der Waals surface area contributed by atoms with Gasteiger partial charge in [-0.2, -0.15) is 0 Å². The van der Waals surface area contributed by atoms with Gasteiger partial charge in [0.2, 0.25) is 5.91 Å². The number of unbranched alkanes of at least 4 members (excludes halogenated alkanes) is 19. The number of carbonyl (C=O) groups excluding carboxylic acids is 1. The van der Waals surface area contributed by atoms with Crippen molar-refractivity contribution in [1.29, 1.82) is 0 Å². The summed E-state index contributed by atoms with van der Waals surface area (Å²) in [4.78, 5) is 13.3. The molecule has 1 amide bonds. The Hall–Kier alpha value is -2.51. The Bertz CT molecular complexity index is 1680. The van der Waals surface area contributed by atoms with E-state index in [-0.39, 0.29) is 18.9 Å². The highest BCUT2D eigenvalue weighted by Crippen LogP contribution is 2.33. The Kier molecular flexibility index (Phi) is 38.7. The maximum Gasteiger partial charge on any atom is 0.220 e. The molecule has 0 bridgehead atoms. The number of nitrogens with one attached hydrogen (secondary N) is 1. The third-order valence-corrected chi connectivity index (χ3v) is 14.8. The van der Waals surface area contributed by atoms with Gasteiger partial charge in [-0.05, 0) is 70.6 Å². The second kappa shape index (κ2) is 43.2. The Morgan fingerprint density at radius 1 is 0.456 bits per heavy atom. The van der Waals surface area contributed by atoms with Crippen LogP contribution in [0.25, 0.3) is 0 Å². The van der Waals surface area contributed by atoms with Crippen LogP contribution in [0.3, 0.4) is 0 Å². The van der Waals surface area contributed by atoms with Gasteiger partial charge in [0.15, 0.2) is 18.9 Å². The van der Waals surface area contributed by atoms with Crippen molar-refractivity contribution in [3.8, 4) is 0 Å². The second-order valence-corrected chi connectivity index (χ2v) is 21.4. The Labute approximate surface area is 471 Å². The van der Waals surface area contributed by atoms with Crippen molar-refractivity contribution >= 4 is 5.91 Å². The quantitative estimate of drug-likeness (QED) is 0.0274. The number of allylic oxidation sites excluding steroid dienone is 9. The summed E-state index contributed by atoms with van der Waals surface area (Å²) in [6.07, 6.45) is 22.1. The molecular weight excluding hydrogens is 1020 g/mol. The molecule has 12 N–H and O–H groups in total. The van der Waals surface area contributed by atoms with Crippen LogP contribution in [0, 0.1) is 0 Å². The van der Waals surface area contributed by atoms with Gasteiger partial charge in [0, 0.05) is 6.42 Å². The van der Waals surface area contributed by atoms with Gasteiger partial charge < -0.3 is 89.9 Å². The zero-order chi connectivity index (χ0) is 57.6. The average Bonchev–Trinajstić information content (AvgIpc) is 3.49. The van der Waals surface area contributed by atoms with Gasteiger partial charge >= 0.3 is 0 Å². The largest absolute Gasteiger partial charge is 0.394 e. The van der Waals surface area contributed by atoms with E-state index in [1.54, 1.807) is 6.08 Å². The summed E-state index contributed by atoms with van der Waals surface area (Å²) in [5.41, 5.74) is 0. The van der Waals surface area contributed by atoms with E-state index in [1.165, 1.54) is 83.5 Å². The van der Waals surface area contributed by atoms with Crippen molar-refractivity contribution in [2.75, 3.05) is 26.4 Å². The van der Waals surface area contributed by atoms with Crippen LogP contribution in [-0.2, 0) is 33.2 Å². The summed E-state index contributed by atoms with van der Waals surface area (Å²) < 4.78 is 34.2. The third kappa shape index (κ3) is 27.2. The van der Waals surface area contributed by atoms with E-state index in [0.717, 1.165) is 64.2 Å². The van der Waals surface area contributed by atoms with Crippen molar-refractivity contribution in [2.24, 2.45) is 0 Å². The minimum atomic E-state index is -1.98. The van der Waals surface area contributed by atoms with Crippen LogP contribution < -0.4 is 5.32 Å². The van der Waals surface area contributed by atoms with Gasteiger partial charge in [0.25, 0.3) is 0 Å². The molecule has 0 saturated carbocycles. The first kappa shape index (κ1) is 70.8. The van der Waals surface area contributed by atoms with Crippen LogP contribution in [0.5, 0.6) is 0 Å². The van der Waals surface area contributed by atoms with E-state index in [9.17, 15) is 61.0 Å². The first-order chi connectivity index (χ1) is 38.3. The van der Waals surface area contributed by atoms with Crippen LogP contribution >= 0.6 is 0 Å². The second-order valence-electron chi connectivity index (χ2n) is 21.4. The molecular formula is C60H105NO18.